The predicted octanol–water partition coefficient (Wildman–Crippen LogP) is 4.29. The molecule has 0 unspecified atom stereocenters. The molecule has 0 aliphatic heterocycles. The Kier molecular flexibility index (Phi) is 5.79. The monoisotopic (exact) mass is 273 g/mol. The van der Waals surface area contributed by atoms with Crippen molar-refractivity contribution in [3.8, 4) is 0 Å². The molecular weight excluding hydrogens is 253 g/mol. The van der Waals surface area contributed by atoms with Gasteiger partial charge in [-0.25, -0.2) is 9.37 Å². The van der Waals surface area contributed by atoms with Crippen LogP contribution in [0.5, 0.6) is 0 Å². The molecule has 5 heteroatoms. The normalized spacial score (nSPS) is 11.6. The summed E-state index contributed by atoms with van der Waals surface area (Å²) in [6, 6.07) is 0. The fourth-order valence-electron chi connectivity index (χ4n) is 1.73. The molecule has 18 heavy (non-hydrogen) atoms. The molecule has 0 radical (unpaired) electrons. The minimum atomic E-state index is -0.469. The highest BCUT2D eigenvalue weighted by atomic mass is 35.5. The average molecular weight is 274 g/mol. The van der Waals surface area contributed by atoms with Gasteiger partial charge in [0.2, 0.25) is 5.28 Å². The van der Waals surface area contributed by atoms with Crippen molar-refractivity contribution < 1.29 is 4.39 Å². The molecule has 0 bridgehead atoms. The lowest BCUT2D eigenvalue weighted by Gasteiger charge is -2.25. The zero-order valence-electron chi connectivity index (χ0n) is 11.3. The number of aromatic nitrogens is 2. The summed E-state index contributed by atoms with van der Waals surface area (Å²) < 4.78 is 13.4. The van der Waals surface area contributed by atoms with Crippen molar-refractivity contribution >= 4 is 17.4 Å². The summed E-state index contributed by atoms with van der Waals surface area (Å²) in [6.07, 6.45) is 5.82. The van der Waals surface area contributed by atoms with Crippen LogP contribution in [0.3, 0.4) is 0 Å². The minimum Gasteiger partial charge on any atom is -0.367 e. The Morgan fingerprint density at radius 3 is 2.78 bits per heavy atom. The molecule has 0 fully saturated rings. The highest BCUT2D eigenvalue weighted by Gasteiger charge is 2.18. The van der Waals surface area contributed by atoms with Crippen molar-refractivity contribution in [2.24, 2.45) is 5.41 Å². The van der Waals surface area contributed by atoms with Crippen LogP contribution >= 0.6 is 11.6 Å². The summed E-state index contributed by atoms with van der Waals surface area (Å²) in [5, 5.41) is 3.07. The lowest BCUT2D eigenvalue weighted by molar-refractivity contribution is 0.341. The number of hydrogen-bond donors (Lipinski definition) is 1. The van der Waals surface area contributed by atoms with Gasteiger partial charge in [-0.15, -0.1) is 0 Å². The lowest BCUT2D eigenvalue weighted by atomic mass is 9.87. The highest BCUT2D eigenvalue weighted by Crippen LogP contribution is 2.24. The molecule has 0 saturated heterocycles. The number of nitrogens with one attached hydrogen (secondary N) is 1. The molecule has 1 N–H and O–H groups in total. The van der Waals surface area contributed by atoms with E-state index in [9.17, 15) is 4.39 Å². The Morgan fingerprint density at radius 2 is 2.11 bits per heavy atom. The zero-order valence-corrected chi connectivity index (χ0v) is 12.0. The van der Waals surface area contributed by atoms with Crippen LogP contribution < -0.4 is 5.32 Å². The van der Waals surface area contributed by atoms with Crippen LogP contribution in [0.25, 0.3) is 0 Å². The van der Waals surface area contributed by atoms with Gasteiger partial charge in [0, 0.05) is 6.54 Å². The van der Waals surface area contributed by atoms with E-state index in [1.165, 1.54) is 19.3 Å². The van der Waals surface area contributed by atoms with Gasteiger partial charge >= 0.3 is 0 Å². The number of rotatable bonds is 7. The number of nitrogens with zero attached hydrogens (tertiary/aromatic N) is 2. The Morgan fingerprint density at radius 1 is 1.39 bits per heavy atom. The van der Waals surface area contributed by atoms with E-state index in [-0.39, 0.29) is 16.5 Å². The standard InChI is InChI=1S/C13H21ClFN3/c1-4-5-6-7-13(2,3)9-17-11-10(15)8-16-12(14)18-11/h8H,4-7,9H2,1-3H3,(H,16,17,18). The van der Waals surface area contributed by atoms with Crippen molar-refractivity contribution in [2.45, 2.75) is 46.5 Å². The van der Waals surface area contributed by atoms with Gasteiger partial charge in [-0.3, -0.25) is 0 Å². The van der Waals surface area contributed by atoms with Crippen molar-refractivity contribution in [2.75, 3.05) is 11.9 Å². The van der Waals surface area contributed by atoms with Crippen molar-refractivity contribution in [3.05, 3.63) is 17.3 Å². The number of unbranched alkanes of at least 4 members (excludes halogenated alkanes) is 2. The van der Waals surface area contributed by atoms with Crippen molar-refractivity contribution in [1.29, 1.82) is 0 Å². The molecular formula is C13H21ClFN3. The summed E-state index contributed by atoms with van der Waals surface area (Å²) >= 11 is 5.64. The second-order valence-corrected chi connectivity index (χ2v) is 5.65. The molecule has 1 aromatic heterocycles. The maximum absolute atomic E-state index is 13.4. The summed E-state index contributed by atoms with van der Waals surface area (Å²) in [7, 11) is 0. The Balaban J connectivity index is 2.50. The molecule has 0 aliphatic carbocycles. The smallest absolute Gasteiger partial charge is 0.224 e. The molecule has 102 valence electrons. The molecule has 0 aromatic carbocycles. The largest absolute Gasteiger partial charge is 0.367 e. The van der Waals surface area contributed by atoms with Crippen LogP contribution in [0.1, 0.15) is 46.5 Å². The molecule has 3 nitrogen and oxygen atoms in total. The third kappa shape index (κ3) is 5.17. The fourth-order valence-corrected chi connectivity index (χ4v) is 1.87. The maximum atomic E-state index is 13.4. The minimum absolute atomic E-state index is 0.0580. The van der Waals surface area contributed by atoms with E-state index in [0.717, 1.165) is 12.6 Å². The molecule has 0 amide bonds. The summed E-state index contributed by atoms with van der Waals surface area (Å²) in [6.45, 7) is 7.18. The maximum Gasteiger partial charge on any atom is 0.224 e. The van der Waals surface area contributed by atoms with Crippen LogP contribution in [0.15, 0.2) is 6.20 Å². The van der Waals surface area contributed by atoms with Crippen LogP contribution in [0, 0.1) is 11.2 Å². The fraction of sp³-hybridized carbons (Fsp3) is 0.692. The van der Waals surface area contributed by atoms with Crippen LogP contribution in [0.2, 0.25) is 5.28 Å². The first-order chi connectivity index (χ1) is 8.44. The van der Waals surface area contributed by atoms with Gasteiger partial charge in [-0.1, -0.05) is 40.0 Å². The van der Waals surface area contributed by atoms with Gasteiger partial charge in [0.1, 0.15) is 0 Å². The van der Waals surface area contributed by atoms with Crippen LogP contribution in [0.4, 0.5) is 10.2 Å². The molecule has 0 saturated carbocycles. The molecule has 1 rings (SSSR count). The SMILES string of the molecule is CCCCCC(C)(C)CNc1nc(Cl)ncc1F. The van der Waals surface area contributed by atoms with Gasteiger partial charge in [0.25, 0.3) is 0 Å². The van der Waals surface area contributed by atoms with Crippen molar-refractivity contribution in [1.82, 2.24) is 9.97 Å². The van der Waals surface area contributed by atoms with Crippen LogP contribution in [-0.4, -0.2) is 16.5 Å². The van der Waals surface area contributed by atoms with Crippen LogP contribution in [-0.2, 0) is 0 Å². The molecule has 0 atom stereocenters. The first kappa shape index (κ1) is 15.2. The number of hydrogen-bond acceptors (Lipinski definition) is 3. The van der Waals surface area contributed by atoms with Crippen molar-refractivity contribution in [3.63, 3.8) is 0 Å². The van der Waals surface area contributed by atoms with E-state index in [1.807, 2.05) is 0 Å². The Hall–Kier alpha value is -0.900. The van der Waals surface area contributed by atoms with Gasteiger partial charge < -0.3 is 5.32 Å². The van der Waals surface area contributed by atoms with Gasteiger partial charge in [-0.2, -0.15) is 4.98 Å². The summed E-state index contributed by atoms with van der Waals surface area (Å²) in [5.74, 6) is -0.290. The quantitative estimate of drug-likeness (QED) is 0.595. The van der Waals surface area contributed by atoms with E-state index < -0.39 is 5.82 Å². The van der Waals surface area contributed by atoms with Gasteiger partial charge in [0.15, 0.2) is 11.6 Å². The third-order valence-electron chi connectivity index (χ3n) is 2.91. The first-order valence-corrected chi connectivity index (χ1v) is 6.74. The number of halogens is 2. The second-order valence-electron chi connectivity index (χ2n) is 5.31. The predicted molar refractivity (Wildman–Crippen MR) is 73.4 cm³/mol. The van der Waals surface area contributed by atoms with Gasteiger partial charge in [-0.05, 0) is 23.4 Å². The van der Waals surface area contributed by atoms with E-state index in [1.54, 1.807) is 0 Å². The van der Waals surface area contributed by atoms with E-state index in [4.69, 9.17) is 11.6 Å². The first-order valence-electron chi connectivity index (χ1n) is 6.36. The number of anilines is 1. The van der Waals surface area contributed by atoms with Gasteiger partial charge in [0.05, 0.1) is 6.20 Å². The zero-order chi connectivity index (χ0) is 13.6. The third-order valence-corrected chi connectivity index (χ3v) is 3.09. The highest BCUT2D eigenvalue weighted by molar-refractivity contribution is 6.28. The van der Waals surface area contributed by atoms with E-state index in [0.29, 0.717) is 6.54 Å². The Bertz CT molecular complexity index is 382. The molecule has 0 spiro atoms. The lowest BCUT2D eigenvalue weighted by Crippen LogP contribution is -2.24. The average Bonchev–Trinajstić information content (AvgIpc) is 2.31. The summed E-state index contributed by atoms with van der Waals surface area (Å²) in [5.41, 5.74) is 0.110. The van der Waals surface area contributed by atoms with E-state index >= 15 is 0 Å². The Labute approximate surface area is 113 Å². The van der Waals surface area contributed by atoms with E-state index in [2.05, 4.69) is 36.1 Å². The molecule has 1 aromatic rings. The molecule has 1 heterocycles. The molecule has 0 aliphatic rings. The second kappa shape index (κ2) is 6.88. The summed E-state index contributed by atoms with van der Waals surface area (Å²) in [4.78, 5) is 7.42. The topological polar surface area (TPSA) is 37.8 Å².